The fourth-order valence-corrected chi connectivity index (χ4v) is 0. The van der Waals surface area contributed by atoms with Gasteiger partial charge in [-0.1, -0.05) is 0 Å². The van der Waals surface area contributed by atoms with Crippen molar-refractivity contribution in [2.75, 3.05) is 0 Å². The van der Waals surface area contributed by atoms with Crippen molar-refractivity contribution in [3.8, 4) is 0 Å². The quantitative estimate of drug-likeness (QED) is 0.304. The molecule has 0 rings (SSSR count). The summed E-state index contributed by atoms with van der Waals surface area (Å²) in [5, 5.41) is 35.7. The van der Waals surface area contributed by atoms with Gasteiger partial charge in [0.05, 0.1) is 23.9 Å². The van der Waals surface area contributed by atoms with Gasteiger partial charge in [0.2, 0.25) is 0 Å². The Hall–Kier alpha value is -0.0842. The number of carbonyl (C=O) groups excluding carboxylic acids is 4. The zero-order valence-corrected chi connectivity index (χ0v) is 12.3. The Morgan fingerprint density at radius 1 is 0.529 bits per heavy atom. The van der Waals surface area contributed by atoms with Crippen LogP contribution in [0.3, 0.4) is 0 Å². The van der Waals surface area contributed by atoms with Crippen LogP contribution in [0.4, 0.5) is 0 Å². The Morgan fingerprint density at radius 2 is 0.588 bits per heavy atom. The van der Waals surface area contributed by atoms with E-state index < -0.39 is 23.9 Å². The maximum absolute atomic E-state index is 8.93. The van der Waals surface area contributed by atoms with Crippen LogP contribution < -0.4 is 71.8 Å². The Kier molecular flexibility index (Phi) is 63.9. The van der Waals surface area contributed by atoms with Crippen molar-refractivity contribution >= 4 is 23.9 Å². The van der Waals surface area contributed by atoms with E-state index >= 15 is 0 Å². The molecule has 0 aromatic carbocycles. The number of carboxylic acid groups (broad SMARTS) is 4. The van der Waals surface area contributed by atoms with Gasteiger partial charge >= 0.3 is 68.5 Å². The van der Waals surface area contributed by atoms with Crippen molar-refractivity contribution in [3.63, 3.8) is 0 Å². The van der Waals surface area contributed by atoms with Gasteiger partial charge in [-0.05, 0) is 0 Å². The predicted molar refractivity (Wildman–Crippen MR) is 30.9 cm³/mol. The van der Waals surface area contributed by atoms with Crippen molar-refractivity contribution in [2.45, 2.75) is 0 Å². The first-order valence-electron chi connectivity index (χ1n) is 2.13. The Bertz CT molecular complexity index is 180. The molecule has 0 spiro atoms. The molecular weight excluding hydrogens is 319 g/mol. The molecule has 0 saturated heterocycles. The third-order valence-electron chi connectivity index (χ3n) is 0.333. The van der Waals surface area contributed by atoms with Gasteiger partial charge < -0.3 is 56.0 Å². The second-order valence-electron chi connectivity index (χ2n) is 1.15. The van der Waals surface area contributed by atoms with Gasteiger partial charge in [-0.25, -0.2) is 0 Å². The topological polar surface area (TPSA) is 255 Å². The minimum atomic E-state index is -2.19. The smallest absolute Gasteiger partial charge is 0.543 e. The second kappa shape index (κ2) is 24.9. The van der Waals surface area contributed by atoms with E-state index in [4.69, 9.17) is 39.6 Å². The second-order valence-corrected chi connectivity index (χ2v) is 1.15. The molecular formula is C4H6FeKO11. The number of aliphatic carboxylic acids is 4. The molecule has 0 atom stereocenters. The molecule has 1 radical (unpaired) electrons. The minimum Gasteiger partial charge on any atom is -0.543 e. The fraction of sp³-hybridized carbons (Fsp3) is 0. The number of rotatable bonds is 0. The zero-order valence-electron chi connectivity index (χ0n) is 8.12. The van der Waals surface area contributed by atoms with Crippen LogP contribution in [0.5, 0.6) is 0 Å². The van der Waals surface area contributed by atoms with Crippen LogP contribution in [0, 0.1) is 0 Å². The molecule has 0 aliphatic rings. The van der Waals surface area contributed by atoms with Gasteiger partial charge in [0.1, 0.15) is 0 Å². The summed E-state index contributed by atoms with van der Waals surface area (Å²) in [5.74, 6) is -8.74. The Balaban J connectivity index is -0.0000000182. The maximum Gasteiger partial charge on any atom is 3.00 e. The minimum absolute atomic E-state index is 0. The van der Waals surface area contributed by atoms with Gasteiger partial charge in [-0.3, -0.25) is 0 Å². The standard InChI is InChI=1S/2C2H2O4.Fe.K.3H2O/c2*3-1(4)2(5)6;;;;;/h2*(H,3,4)(H,5,6);;;3*1H2/q;;+3;+1;;;/p-4. The van der Waals surface area contributed by atoms with Gasteiger partial charge in [0.15, 0.2) is 0 Å². The van der Waals surface area contributed by atoms with E-state index in [0.29, 0.717) is 0 Å². The van der Waals surface area contributed by atoms with Gasteiger partial charge in [-0.2, -0.15) is 0 Å². The Labute approximate surface area is 147 Å². The molecule has 6 N–H and O–H groups in total. The van der Waals surface area contributed by atoms with Crippen LogP contribution in [-0.2, 0) is 36.2 Å². The molecule has 0 aliphatic heterocycles. The predicted octanol–water partition coefficient (Wildman–Crippen LogP) is -12.5. The fourth-order valence-electron chi connectivity index (χ4n) is 0. The van der Waals surface area contributed by atoms with E-state index in [1.807, 2.05) is 0 Å². The van der Waals surface area contributed by atoms with E-state index in [1.165, 1.54) is 0 Å². The molecule has 0 aromatic rings. The van der Waals surface area contributed by atoms with E-state index in [0.717, 1.165) is 0 Å². The molecule has 11 nitrogen and oxygen atoms in total. The van der Waals surface area contributed by atoms with E-state index in [9.17, 15) is 0 Å². The van der Waals surface area contributed by atoms with Crippen LogP contribution in [0.15, 0.2) is 0 Å². The number of carbonyl (C=O) groups is 4. The SMILES string of the molecule is O.O.O.O=C([O-])C(=O)[O-].O=C([O-])C(=O)[O-].[Fe+3].[K+]. The van der Waals surface area contributed by atoms with Gasteiger partial charge in [0, 0.05) is 0 Å². The molecule has 17 heavy (non-hydrogen) atoms. The monoisotopic (exact) mass is 325 g/mol. The van der Waals surface area contributed by atoms with Crippen molar-refractivity contribution in [1.29, 1.82) is 0 Å². The third-order valence-corrected chi connectivity index (χ3v) is 0.333. The van der Waals surface area contributed by atoms with Crippen molar-refractivity contribution in [1.82, 2.24) is 0 Å². The van der Waals surface area contributed by atoms with Crippen molar-refractivity contribution < 1.29 is 124 Å². The van der Waals surface area contributed by atoms with E-state index in [2.05, 4.69) is 0 Å². The summed E-state index contributed by atoms with van der Waals surface area (Å²) >= 11 is 0. The van der Waals surface area contributed by atoms with Crippen LogP contribution in [0.1, 0.15) is 0 Å². The van der Waals surface area contributed by atoms with Gasteiger partial charge in [0.25, 0.3) is 0 Å². The molecule has 97 valence electrons. The normalized spacial score (nSPS) is 5.18. The first kappa shape index (κ1) is 43.6. The van der Waals surface area contributed by atoms with Crippen LogP contribution in [0.2, 0.25) is 0 Å². The molecule has 0 aromatic heterocycles. The first-order chi connectivity index (χ1) is 5.29. The largest absolute Gasteiger partial charge is 3.00 e. The van der Waals surface area contributed by atoms with Crippen LogP contribution in [0.25, 0.3) is 0 Å². The summed E-state index contributed by atoms with van der Waals surface area (Å²) in [6.07, 6.45) is 0. The molecule has 0 fully saturated rings. The van der Waals surface area contributed by atoms with E-state index in [-0.39, 0.29) is 84.9 Å². The molecule has 13 heteroatoms. The van der Waals surface area contributed by atoms with Crippen LogP contribution >= 0.6 is 0 Å². The third kappa shape index (κ3) is 49.2. The summed E-state index contributed by atoms with van der Waals surface area (Å²) < 4.78 is 0. The average Bonchev–Trinajstić information content (AvgIpc) is 1.88. The molecule has 0 heterocycles. The maximum atomic E-state index is 8.93. The molecule has 0 unspecified atom stereocenters. The summed E-state index contributed by atoms with van der Waals surface area (Å²) in [5.41, 5.74) is 0. The number of hydrogen-bond donors (Lipinski definition) is 0. The van der Waals surface area contributed by atoms with E-state index in [1.54, 1.807) is 0 Å². The average molecular weight is 325 g/mol. The first-order valence-corrected chi connectivity index (χ1v) is 2.13. The Morgan fingerprint density at radius 3 is 0.588 bits per heavy atom. The molecule has 0 aliphatic carbocycles. The summed E-state index contributed by atoms with van der Waals surface area (Å²) in [6, 6.07) is 0. The molecule has 0 saturated carbocycles. The zero-order chi connectivity index (χ0) is 10.3. The van der Waals surface area contributed by atoms with Crippen molar-refractivity contribution in [2.24, 2.45) is 0 Å². The molecule has 0 amide bonds. The van der Waals surface area contributed by atoms with Gasteiger partial charge in [-0.15, -0.1) is 0 Å². The summed E-state index contributed by atoms with van der Waals surface area (Å²) in [6.45, 7) is 0. The number of hydrogen-bond acceptors (Lipinski definition) is 8. The van der Waals surface area contributed by atoms with Crippen LogP contribution in [-0.4, -0.2) is 40.3 Å². The molecule has 0 bridgehead atoms. The van der Waals surface area contributed by atoms with Crippen molar-refractivity contribution in [3.05, 3.63) is 0 Å². The number of carboxylic acids is 4. The summed E-state index contributed by atoms with van der Waals surface area (Å²) in [7, 11) is 0. The summed E-state index contributed by atoms with van der Waals surface area (Å²) in [4.78, 5) is 35.7.